The van der Waals surface area contributed by atoms with Crippen LogP contribution < -0.4 is 4.90 Å². The van der Waals surface area contributed by atoms with Crippen LogP contribution in [0.4, 0.5) is 5.82 Å². The van der Waals surface area contributed by atoms with E-state index in [1.807, 2.05) is 38.2 Å². The first-order chi connectivity index (χ1) is 11.1. The van der Waals surface area contributed by atoms with E-state index in [1.165, 1.54) is 5.56 Å². The van der Waals surface area contributed by atoms with Gasteiger partial charge in [0.2, 0.25) is 5.89 Å². The molecule has 0 aromatic carbocycles. The fraction of sp³-hybridized carbons (Fsp3) is 0.562. The molecule has 3 rings (SSSR count). The van der Waals surface area contributed by atoms with Crippen LogP contribution in [-0.4, -0.2) is 53.9 Å². The van der Waals surface area contributed by atoms with Gasteiger partial charge in [-0.15, -0.1) is 0 Å². The molecule has 0 unspecified atom stereocenters. The van der Waals surface area contributed by atoms with Gasteiger partial charge in [-0.05, 0) is 31.0 Å². The van der Waals surface area contributed by atoms with Crippen molar-refractivity contribution in [2.24, 2.45) is 0 Å². The van der Waals surface area contributed by atoms with Crippen molar-refractivity contribution in [3.8, 4) is 0 Å². The minimum atomic E-state index is 0.0946. The normalized spacial score (nSPS) is 21.7. The molecule has 7 nitrogen and oxygen atoms in total. The van der Waals surface area contributed by atoms with Gasteiger partial charge in [0.05, 0.1) is 12.1 Å². The molecule has 1 saturated heterocycles. The Bertz CT molecular complexity index is 657. The fourth-order valence-corrected chi connectivity index (χ4v) is 2.95. The molecule has 2 atom stereocenters. The first kappa shape index (κ1) is 15.9. The van der Waals surface area contributed by atoms with Crippen molar-refractivity contribution in [3.05, 3.63) is 35.6 Å². The predicted molar refractivity (Wildman–Crippen MR) is 86.2 cm³/mol. The van der Waals surface area contributed by atoms with Crippen molar-refractivity contribution in [2.45, 2.75) is 32.0 Å². The summed E-state index contributed by atoms with van der Waals surface area (Å²) in [5.74, 6) is 2.29. The lowest BCUT2D eigenvalue weighted by molar-refractivity contribution is 0.107. The van der Waals surface area contributed by atoms with Crippen LogP contribution >= 0.6 is 0 Å². The number of pyridine rings is 1. The summed E-state index contributed by atoms with van der Waals surface area (Å²) in [7, 11) is 5.74. The maximum absolute atomic E-state index is 5.55. The number of aromatic nitrogens is 3. The van der Waals surface area contributed by atoms with E-state index >= 15 is 0 Å². The Morgan fingerprint density at radius 2 is 2.26 bits per heavy atom. The number of likely N-dealkylation sites (tertiary alicyclic amines) is 1. The smallest absolute Gasteiger partial charge is 0.244 e. The van der Waals surface area contributed by atoms with Crippen LogP contribution in [0.5, 0.6) is 0 Å². The zero-order chi connectivity index (χ0) is 16.4. The summed E-state index contributed by atoms with van der Waals surface area (Å²) in [6, 6.07) is 4.25. The summed E-state index contributed by atoms with van der Waals surface area (Å²) in [5.41, 5.74) is 1.21. The molecule has 2 aromatic rings. The number of rotatable bonds is 5. The zero-order valence-electron chi connectivity index (χ0n) is 14.1. The summed E-state index contributed by atoms with van der Waals surface area (Å²) in [6.45, 7) is 3.49. The molecule has 1 fully saturated rings. The van der Waals surface area contributed by atoms with Gasteiger partial charge in [0.1, 0.15) is 5.82 Å². The average molecular weight is 317 g/mol. The number of nitrogens with zero attached hydrogens (tertiary/aromatic N) is 5. The lowest BCUT2D eigenvalue weighted by Crippen LogP contribution is -2.25. The first-order valence-electron chi connectivity index (χ1n) is 7.76. The van der Waals surface area contributed by atoms with Crippen LogP contribution in [0.3, 0.4) is 0 Å². The minimum Gasteiger partial charge on any atom is -0.380 e. The standard InChI is InChI=1S/C16H23N5O2/c1-11-18-16(23-19-11)14-8-13(22-4)10-21(14)9-12-5-6-17-15(7-12)20(2)3/h5-7,13-14H,8-10H2,1-4H3/t13-,14+/m0/s1. The number of anilines is 1. The number of aryl methyl sites for hydroxylation is 1. The largest absolute Gasteiger partial charge is 0.380 e. The molecule has 0 radical (unpaired) electrons. The van der Waals surface area contributed by atoms with E-state index in [2.05, 4.69) is 26.1 Å². The van der Waals surface area contributed by atoms with Gasteiger partial charge in [0, 0.05) is 40.5 Å². The Balaban J connectivity index is 1.80. The molecule has 23 heavy (non-hydrogen) atoms. The van der Waals surface area contributed by atoms with Crippen molar-refractivity contribution in [3.63, 3.8) is 0 Å². The van der Waals surface area contributed by atoms with Gasteiger partial charge < -0.3 is 14.2 Å². The monoisotopic (exact) mass is 317 g/mol. The third-order valence-electron chi connectivity index (χ3n) is 4.18. The fourth-order valence-electron chi connectivity index (χ4n) is 2.95. The van der Waals surface area contributed by atoms with E-state index in [1.54, 1.807) is 7.11 Å². The molecule has 7 heteroatoms. The van der Waals surface area contributed by atoms with Gasteiger partial charge in [-0.1, -0.05) is 5.16 Å². The molecule has 0 spiro atoms. The van der Waals surface area contributed by atoms with Crippen LogP contribution in [-0.2, 0) is 11.3 Å². The number of hydrogen-bond acceptors (Lipinski definition) is 7. The summed E-state index contributed by atoms with van der Waals surface area (Å²) < 4.78 is 10.9. The third kappa shape index (κ3) is 3.51. The highest BCUT2D eigenvalue weighted by molar-refractivity contribution is 5.39. The average Bonchev–Trinajstić information content (AvgIpc) is 3.13. The maximum Gasteiger partial charge on any atom is 0.244 e. The van der Waals surface area contributed by atoms with Crippen molar-refractivity contribution in [1.29, 1.82) is 0 Å². The van der Waals surface area contributed by atoms with Gasteiger partial charge in [0.15, 0.2) is 5.82 Å². The molecular weight excluding hydrogens is 294 g/mol. The Morgan fingerprint density at radius 3 is 2.91 bits per heavy atom. The van der Waals surface area contributed by atoms with Crippen LogP contribution in [0.15, 0.2) is 22.9 Å². The lowest BCUT2D eigenvalue weighted by Gasteiger charge is -2.22. The second-order valence-electron chi connectivity index (χ2n) is 6.14. The van der Waals surface area contributed by atoms with E-state index in [0.29, 0.717) is 11.7 Å². The predicted octanol–water partition coefficient (Wildman–Crippen LogP) is 1.80. The van der Waals surface area contributed by atoms with Crippen molar-refractivity contribution >= 4 is 5.82 Å². The van der Waals surface area contributed by atoms with Crippen LogP contribution in [0.2, 0.25) is 0 Å². The highest BCUT2D eigenvalue weighted by Crippen LogP contribution is 2.33. The zero-order valence-corrected chi connectivity index (χ0v) is 14.1. The van der Waals surface area contributed by atoms with E-state index in [9.17, 15) is 0 Å². The molecule has 0 amide bonds. The summed E-state index contributed by atoms with van der Waals surface area (Å²) >= 11 is 0. The van der Waals surface area contributed by atoms with Gasteiger partial charge in [0.25, 0.3) is 0 Å². The van der Waals surface area contributed by atoms with Gasteiger partial charge in [-0.3, -0.25) is 4.90 Å². The molecule has 1 aliphatic rings. The van der Waals surface area contributed by atoms with Gasteiger partial charge in [-0.25, -0.2) is 4.98 Å². The Labute approximate surface area is 136 Å². The molecule has 0 bridgehead atoms. The molecule has 2 aromatic heterocycles. The van der Waals surface area contributed by atoms with Gasteiger partial charge >= 0.3 is 0 Å². The van der Waals surface area contributed by atoms with E-state index < -0.39 is 0 Å². The summed E-state index contributed by atoms with van der Waals surface area (Å²) in [5, 5.41) is 3.92. The SMILES string of the molecule is CO[C@H]1C[C@H](c2nc(C)no2)N(Cc2ccnc(N(C)C)c2)C1. The first-order valence-corrected chi connectivity index (χ1v) is 7.76. The Hall–Kier alpha value is -1.99. The molecule has 1 aliphatic heterocycles. The minimum absolute atomic E-state index is 0.0946. The highest BCUT2D eigenvalue weighted by atomic mass is 16.5. The molecule has 0 saturated carbocycles. The Morgan fingerprint density at radius 1 is 1.43 bits per heavy atom. The number of methoxy groups -OCH3 is 1. The highest BCUT2D eigenvalue weighted by Gasteiger charge is 2.36. The molecule has 124 valence electrons. The quantitative estimate of drug-likeness (QED) is 0.833. The summed E-state index contributed by atoms with van der Waals surface area (Å²) in [4.78, 5) is 13.1. The third-order valence-corrected chi connectivity index (χ3v) is 4.18. The van der Waals surface area contributed by atoms with Crippen molar-refractivity contribution < 1.29 is 9.26 Å². The van der Waals surface area contributed by atoms with Crippen molar-refractivity contribution in [1.82, 2.24) is 20.0 Å². The van der Waals surface area contributed by atoms with Crippen LogP contribution in [0, 0.1) is 6.92 Å². The molecule has 0 N–H and O–H groups in total. The topological polar surface area (TPSA) is 67.5 Å². The second-order valence-corrected chi connectivity index (χ2v) is 6.14. The molecule has 0 aliphatic carbocycles. The lowest BCUT2D eigenvalue weighted by atomic mass is 10.2. The van der Waals surface area contributed by atoms with Gasteiger partial charge in [-0.2, -0.15) is 4.98 Å². The Kier molecular flexibility index (Phi) is 4.58. The summed E-state index contributed by atoms with van der Waals surface area (Å²) in [6.07, 6.45) is 2.90. The van der Waals surface area contributed by atoms with E-state index in [0.717, 1.165) is 25.3 Å². The molecule has 3 heterocycles. The molecular formula is C16H23N5O2. The van der Waals surface area contributed by atoms with Crippen molar-refractivity contribution in [2.75, 3.05) is 32.6 Å². The van der Waals surface area contributed by atoms with Crippen LogP contribution in [0.1, 0.15) is 29.7 Å². The number of ether oxygens (including phenoxy) is 1. The van der Waals surface area contributed by atoms with E-state index in [-0.39, 0.29) is 12.1 Å². The number of hydrogen-bond donors (Lipinski definition) is 0. The second kappa shape index (κ2) is 6.64. The maximum atomic E-state index is 5.55. The van der Waals surface area contributed by atoms with Crippen LogP contribution in [0.25, 0.3) is 0 Å². The van der Waals surface area contributed by atoms with E-state index in [4.69, 9.17) is 9.26 Å².